The van der Waals surface area contributed by atoms with E-state index < -0.39 is 0 Å². The second-order valence-corrected chi connectivity index (χ2v) is 5.69. The Balaban J connectivity index is 2.13. The number of hydrogen-bond donors (Lipinski definition) is 1. The summed E-state index contributed by atoms with van der Waals surface area (Å²) in [5.41, 5.74) is 3.20. The van der Waals surface area contributed by atoms with E-state index in [-0.39, 0.29) is 18.1 Å². The number of nitrogens with one attached hydrogen (secondary N) is 1. The molecular weight excluding hydrogens is 321 g/mol. The summed E-state index contributed by atoms with van der Waals surface area (Å²) in [6.45, 7) is 3.89. The second kappa shape index (κ2) is 6.18. The molecule has 0 spiro atoms. The zero-order chi connectivity index (χ0) is 14.7. The first-order valence-corrected chi connectivity index (χ1v) is 7.06. The SMILES string of the molecule is Cc1ccc(C)c(NC(=O)Cc2cc(Br)ccc2F)c1. The van der Waals surface area contributed by atoms with Crippen molar-refractivity contribution >= 4 is 27.5 Å². The third-order valence-corrected chi connectivity index (χ3v) is 3.52. The van der Waals surface area contributed by atoms with Crippen LogP contribution in [0.25, 0.3) is 0 Å². The van der Waals surface area contributed by atoms with Gasteiger partial charge in [-0.3, -0.25) is 4.79 Å². The average molecular weight is 336 g/mol. The molecule has 4 heteroatoms. The molecule has 0 heterocycles. The summed E-state index contributed by atoms with van der Waals surface area (Å²) < 4.78 is 14.4. The zero-order valence-electron chi connectivity index (χ0n) is 11.3. The molecule has 2 aromatic carbocycles. The number of halogens is 2. The Hall–Kier alpha value is -1.68. The second-order valence-electron chi connectivity index (χ2n) is 4.78. The minimum absolute atomic E-state index is 0.0126. The van der Waals surface area contributed by atoms with Crippen LogP contribution in [0.15, 0.2) is 40.9 Å². The number of carbonyl (C=O) groups is 1. The van der Waals surface area contributed by atoms with Crippen molar-refractivity contribution < 1.29 is 9.18 Å². The minimum Gasteiger partial charge on any atom is -0.326 e. The molecule has 0 saturated heterocycles. The van der Waals surface area contributed by atoms with E-state index in [1.807, 2.05) is 32.0 Å². The smallest absolute Gasteiger partial charge is 0.228 e. The highest BCUT2D eigenvalue weighted by atomic mass is 79.9. The van der Waals surface area contributed by atoms with Crippen molar-refractivity contribution in [1.29, 1.82) is 0 Å². The summed E-state index contributed by atoms with van der Waals surface area (Å²) in [6, 6.07) is 10.4. The fourth-order valence-electron chi connectivity index (χ4n) is 1.92. The summed E-state index contributed by atoms with van der Waals surface area (Å²) in [5.74, 6) is -0.597. The molecule has 0 saturated carbocycles. The maximum absolute atomic E-state index is 13.6. The van der Waals surface area contributed by atoms with Gasteiger partial charge in [-0.25, -0.2) is 4.39 Å². The molecule has 20 heavy (non-hydrogen) atoms. The molecule has 2 nitrogen and oxygen atoms in total. The van der Waals surface area contributed by atoms with Crippen LogP contribution in [0, 0.1) is 19.7 Å². The lowest BCUT2D eigenvalue weighted by molar-refractivity contribution is -0.115. The Morgan fingerprint density at radius 2 is 1.95 bits per heavy atom. The molecule has 0 radical (unpaired) electrons. The van der Waals surface area contributed by atoms with E-state index in [0.717, 1.165) is 21.3 Å². The lowest BCUT2D eigenvalue weighted by Crippen LogP contribution is -2.16. The monoisotopic (exact) mass is 335 g/mol. The van der Waals surface area contributed by atoms with Crippen LogP contribution in [-0.4, -0.2) is 5.91 Å². The molecule has 0 fully saturated rings. The van der Waals surface area contributed by atoms with E-state index in [4.69, 9.17) is 0 Å². The molecule has 0 aromatic heterocycles. The van der Waals surface area contributed by atoms with Crippen LogP contribution in [0.4, 0.5) is 10.1 Å². The maximum Gasteiger partial charge on any atom is 0.228 e. The van der Waals surface area contributed by atoms with Crippen LogP contribution >= 0.6 is 15.9 Å². The lowest BCUT2D eigenvalue weighted by Gasteiger charge is -2.10. The highest BCUT2D eigenvalue weighted by molar-refractivity contribution is 9.10. The fourth-order valence-corrected chi connectivity index (χ4v) is 2.33. The van der Waals surface area contributed by atoms with Crippen molar-refractivity contribution in [3.8, 4) is 0 Å². The Morgan fingerprint density at radius 1 is 1.20 bits per heavy atom. The van der Waals surface area contributed by atoms with Crippen molar-refractivity contribution in [2.45, 2.75) is 20.3 Å². The highest BCUT2D eigenvalue weighted by Crippen LogP contribution is 2.19. The summed E-state index contributed by atoms with van der Waals surface area (Å²) in [5, 5.41) is 2.83. The summed E-state index contributed by atoms with van der Waals surface area (Å²) in [7, 11) is 0. The first-order valence-electron chi connectivity index (χ1n) is 6.27. The molecule has 0 aliphatic carbocycles. The summed E-state index contributed by atoms with van der Waals surface area (Å²) >= 11 is 3.28. The van der Waals surface area contributed by atoms with Crippen LogP contribution < -0.4 is 5.32 Å². The number of aryl methyl sites for hydroxylation is 2. The van der Waals surface area contributed by atoms with Gasteiger partial charge in [-0.05, 0) is 54.8 Å². The molecular formula is C16H15BrFNO. The van der Waals surface area contributed by atoms with Gasteiger partial charge in [-0.15, -0.1) is 0 Å². The van der Waals surface area contributed by atoms with E-state index in [2.05, 4.69) is 21.2 Å². The van der Waals surface area contributed by atoms with Crippen LogP contribution in [0.5, 0.6) is 0 Å². The largest absolute Gasteiger partial charge is 0.326 e. The first-order chi connectivity index (χ1) is 9.45. The predicted octanol–water partition coefficient (Wildman–Crippen LogP) is 4.39. The van der Waals surface area contributed by atoms with Gasteiger partial charge >= 0.3 is 0 Å². The summed E-state index contributed by atoms with van der Waals surface area (Å²) in [6.07, 6.45) is 0.0126. The molecule has 1 N–H and O–H groups in total. The van der Waals surface area contributed by atoms with Crippen molar-refractivity contribution in [1.82, 2.24) is 0 Å². The van der Waals surface area contributed by atoms with E-state index in [0.29, 0.717) is 5.56 Å². The molecule has 104 valence electrons. The number of benzene rings is 2. The molecule has 0 atom stereocenters. The van der Waals surface area contributed by atoms with Crippen molar-refractivity contribution in [3.63, 3.8) is 0 Å². The number of hydrogen-bond acceptors (Lipinski definition) is 1. The molecule has 1 amide bonds. The quantitative estimate of drug-likeness (QED) is 0.885. The fraction of sp³-hybridized carbons (Fsp3) is 0.188. The maximum atomic E-state index is 13.6. The predicted molar refractivity (Wildman–Crippen MR) is 82.3 cm³/mol. The van der Waals surface area contributed by atoms with E-state index in [9.17, 15) is 9.18 Å². The number of carbonyl (C=O) groups excluding carboxylic acids is 1. The van der Waals surface area contributed by atoms with Gasteiger partial charge in [0.25, 0.3) is 0 Å². The van der Waals surface area contributed by atoms with Gasteiger partial charge in [0.05, 0.1) is 6.42 Å². The zero-order valence-corrected chi connectivity index (χ0v) is 12.9. The van der Waals surface area contributed by atoms with Crippen LogP contribution in [0.3, 0.4) is 0 Å². The highest BCUT2D eigenvalue weighted by Gasteiger charge is 2.10. The Bertz CT molecular complexity index is 599. The van der Waals surface area contributed by atoms with E-state index >= 15 is 0 Å². The summed E-state index contributed by atoms with van der Waals surface area (Å²) in [4.78, 5) is 12.0. The Morgan fingerprint density at radius 3 is 2.70 bits per heavy atom. The van der Waals surface area contributed by atoms with Crippen molar-refractivity contribution in [2.24, 2.45) is 0 Å². The average Bonchev–Trinajstić information content (AvgIpc) is 2.38. The van der Waals surface area contributed by atoms with Crippen LogP contribution in [0.2, 0.25) is 0 Å². The van der Waals surface area contributed by atoms with Gasteiger partial charge in [-0.1, -0.05) is 28.1 Å². The van der Waals surface area contributed by atoms with Gasteiger partial charge in [0.15, 0.2) is 0 Å². The van der Waals surface area contributed by atoms with Crippen LogP contribution in [0.1, 0.15) is 16.7 Å². The molecule has 0 bridgehead atoms. The number of amides is 1. The van der Waals surface area contributed by atoms with Gasteiger partial charge < -0.3 is 5.32 Å². The topological polar surface area (TPSA) is 29.1 Å². The van der Waals surface area contributed by atoms with Crippen molar-refractivity contribution in [3.05, 3.63) is 63.4 Å². The Labute approximate surface area is 126 Å². The molecule has 0 aliphatic heterocycles. The Kier molecular flexibility index (Phi) is 4.55. The van der Waals surface area contributed by atoms with Gasteiger partial charge in [0.2, 0.25) is 5.91 Å². The minimum atomic E-state index is -0.371. The van der Waals surface area contributed by atoms with E-state index in [1.54, 1.807) is 12.1 Å². The van der Waals surface area contributed by atoms with Gasteiger partial charge in [0.1, 0.15) is 5.82 Å². The standard InChI is InChI=1S/C16H15BrFNO/c1-10-3-4-11(2)15(7-10)19-16(20)9-12-8-13(17)5-6-14(12)18/h3-8H,9H2,1-2H3,(H,19,20). The molecule has 0 aliphatic rings. The number of anilines is 1. The lowest BCUT2D eigenvalue weighted by atomic mass is 10.1. The van der Waals surface area contributed by atoms with E-state index in [1.165, 1.54) is 6.07 Å². The van der Waals surface area contributed by atoms with Crippen molar-refractivity contribution in [2.75, 3.05) is 5.32 Å². The molecule has 2 aromatic rings. The van der Waals surface area contributed by atoms with Gasteiger partial charge in [0, 0.05) is 10.2 Å². The van der Waals surface area contributed by atoms with Crippen LogP contribution in [-0.2, 0) is 11.2 Å². The normalized spacial score (nSPS) is 10.4. The first kappa shape index (κ1) is 14.7. The van der Waals surface area contributed by atoms with Gasteiger partial charge in [-0.2, -0.15) is 0 Å². The third-order valence-electron chi connectivity index (χ3n) is 3.03. The third kappa shape index (κ3) is 3.67. The molecule has 0 unspecified atom stereocenters. The molecule has 2 rings (SSSR count). The number of rotatable bonds is 3.